The molecule has 120 valence electrons. The van der Waals surface area contributed by atoms with E-state index in [2.05, 4.69) is 5.32 Å². The predicted octanol–water partition coefficient (Wildman–Crippen LogP) is 1.88. The van der Waals surface area contributed by atoms with E-state index >= 15 is 0 Å². The van der Waals surface area contributed by atoms with Crippen LogP contribution in [0.4, 0.5) is 0 Å². The molecule has 0 saturated heterocycles. The first-order valence-corrected chi connectivity index (χ1v) is 8.60. The van der Waals surface area contributed by atoms with E-state index in [1.165, 1.54) is 0 Å². The van der Waals surface area contributed by atoms with Gasteiger partial charge in [-0.15, -0.1) is 0 Å². The van der Waals surface area contributed by atoms with Crippen LogP contribution in [0.3, 0.4) is 0 Å². The summed E-state index contributed by atoms with van der Waals surface area (Å²) in [5, 5.41) is 13.2. The summed E-state index contributed by atoms with van der Waals surface area (Å²) in [4.78, 5) is 12.2. The smallest absolute Gasteiger partial charge is 0.240 e. The van der Waals surface area contributed by atoms with E-state index in [9.17, 15) is 9.90 Å². The van der Waals surface area contributed by atoms with Crippen LogP contribution >= 0.6 is 11.8 Å². The quantitative estimate of drug-likeness (QED) is 0.779. The minimum absolute atomic E-state index is 0.0352. The first-order chi connectivity index (χ1) is 10.7. The SMILES string of the molecule is COc1cccc2c1ccn2CC(=O)N[C@@H](CO)CCSC. The van der Waals surface area contributed by atoms with Crippen LogP contribution < -0.4 is 10.1 Å². The number of nitrogens with one attached hydrogen (secondary N) is 1. The van der Waals surface area contributed by atoms with Crippen LogP contribution in [-0.4, -0.2) is 47.3 Å². The molecule has 6 heteroatoms. The number of ether oxygens (including phenoxy) is 1. The Morgan fingerprint density at radius 2 is 2.27 bits per heavy atom. The van der Waals surface area contributed by atoms with Crippen LogP contribution in [0, 0.1) is 0 Å². The highest BCUT2D eigenvalue weighted by Crippen LogP contribution is 2.26. The van der Waals surface area contributed by atoms with Crippen LogP contribution in [0.1, 0.15) is 6.42 Å². The summed E-state index contributed by atoms with van der Waals surface area (Å²) in [6.07, 6.45) is 4.65. The van der Waals surface area contributed by atoms with Crippen LogP contribution in [0.5, 0.6) is 5.75 Å². The lowest BCUT2D eigenvalue weighted by Gasteiger charge is -2.16. The fourth-order valence-electron chi connectivity index (χ4n) is 2.41. The van der Waals surface area contributed by atoms with Crippen molar-refractivity contribution in [2.24, 2.45) is 0 Å². The third-order valence-corrected chi connectivity index (χ3v) is 4.21. The van der Waals surface area contributed by atoms with Gasteiger partial charge in [-0.05, 0) is 36.6 Å². The minimum Gasteiger partial charge on any atom is -0.496 e. The summed E-state index contributed by atoms with van der Waals surface area (Å²) in [6.45, 7) is 0.193. The van der Waals surface area contributed by atoms with Gasteiger partial charge in [0, 0.05) is 11.6 Å². The second-order valence-corrected chi connectivity index (χ2v) is 6.05. The molecule has 0 aliphatic carbocycles. The average Bonchev–Trinajstić information content (AvgIpc) is 2.94. The molecule has 5 nitrogen and oxygen atoms in total. The number of rotatable bonds is 8. The number of aromatic nitrogens is 1. The molecule has 2 aromatic rings. The average molecular weight is 322 g/mol. The van der Waals surface area contributed by atoms with Crippen molar-refractivity contribution in [3.63, 3.8) is 0 Å². The van der Waals surface area contributed by atoms with E-state index in [0.717, 1.165) is 28.8 Å². The zero-order valence-electron chi connectivity index (χ0n) is 12.9. The van der Waals surface area contributed by atoms with Gasteiger partial charge in [0.05, 0.1) is 25.3 Å². The summed E-state index contributed by atoms with van der Waals surface area (Å²) in [5.74, 6) is 1.61. The maximum absolute atomic E-state index is 12.2. The van der Waals surface area contributed by atoms with Gasteiger partial charge < -0.3 is 19.7 Å². The number of carbonyl (C=O) groups excluding carboxylic acids is 1. The monoisotopic (exact) mass is 322 g/mol. The lowest BCUT2D eigenvalue weighted by atomic mass is 10.2. The Labute approximate surface area is 134 Å². The molecule has 1 aromatic heterocycles. The van der Waals surface area contributed by atoms with Crippen LogP contribution in [-0.2, 0) is 11.3 Å². The molecule has 2 rings (SSSR count). The number of aliphatic hydroxyl groups is 1. The Hall–Kier alpha value is -1.66. The molecule has 2 N–H and O–H groups in total. The number of amides is 1. The van der Waals surface area contributed by atoms with Gasteiger partial charge in [-0.1, -0.05) is 6.07 Å². The zero-order chi connectivity index (χ0) is 15.9. The predicted molar refractivity (Wildman–Crippen MR) is 90.5 cm³/mol. The van der Waals surface area contributed by atoms with Crippen molar-refractivity contribution in [3.05, 3.63) is 30.5 Å². The molecule has 0 radical (unpaired) electrons. The minimum atomic E-state index is -0.184. The Bertz CT molecular complexity index is 627. The first-order valence-electron chi connectivity index (χ1n) is 7.20. The lowest BCUT2D eigenvalue weighted by molar-refractivity contribution is -0.122. The second kappa shape index (κ2) is 8.10. The van der Waals surface area contributed by atoms with Crippen LogP contribution in [0.2, 0.25) is 0 Å². The third kappa shape index (κ3) is 3.96. The molecule has 0 spiro atoms. The number of fused-ring (bicyclic) bond motifs is 1. The Kier molecular flexibility index (Phi) is 6.15. The summed E-state index contributed by atoms with van der Waals surface area (Å²) in [7, 11) is 1.64. The van der Waals surface area contributed by atoms with Crippen molar-refractivity contribution in [2.75, 3.05) is 25.7 Å². The van der Waals surface area contributed by atoms with Crippen molar-refractivity contribution in [3.8, 4) is 5.75 Å². The Morgan fingerprint density at radius 1 is 1.45 bits per heavy atom. The van der Waals surface area contributed by atoms with Gasteiger partial charge in [-0.2, -0.15) is 11.8 Å². The maximum Gasteiger partial charge on any atom is 0.240 e. The van der Waals surface area contributed by atoms with Gasteiger partial charge in [0.1, 0.15) is 12.3 Å². The van der Waals surface area contributed by atoms with E-state index in [4.69, 9.17) is 4.74 Å². The molecule has 22 heavy (non-hydrogen) atoms. The van der Waals surface area contributed by atoms with Crippen molar-refractivity contribution >= 4 is 28.6 Å². The van der Waals surface area contributed by atoms with Gasteiger partial charge in [-0.3, -0.25) is 4.79 Å². The number of thioether (sulfide) groups is 1. The molecule has 0 fully saturated rings. The standard InChI is InChI=1S/C16H22N2O3S/c1-21-15-5-3-4-14-13(15)6-8-18(14)10-16(20)17-12(11-19)7-9-22-2/h3-6,8,12,19H,7,9-11H2,1-2H3,(H,17,20)/t12-/m1/s1. The number of carbonyl (C=O) groups is 1. The van der Waals surface area contributed by atoms with Gasteiger partial charge >= 0.3 is 0 Å². The highest BCUT2D eigenvalue weighted by atomic mass is 32.2. The van der Waals surface area contributed by atoms with E-state index in [1.807, 2.05) is 41.3 Å². The van der Waals surface area contributed by atoms with E-state index < -0.39 is 0 Å². The van der Waals surface area contributed by atoms with E-state index in [-0.39, 0.29) is 25.1 Å². The maximum atomic E-state index is 12.2. The van der Waals surface area contributed by atoms with Crippen LogP contribution in [0.25, 0.3) is 10.9 Å². The summed E-state index contributed by atoms with van der Waals surface area (Å²) < 4.78 is 7.21. The number of nitrogens with zero attached hydrogens (tertiary/aromatic N) is 1. The number of benzene rings is 1. The summed E-state index contributed by atoms with van der Waals surface area (Å²) >= 11 is 1.70. The fourth-order valence-corrected chi connectivity index (χ4v) is 2.93. The normalized spacial score (nSPS) is 12.3. The third-order valence-electron chi connectivity index (χ3n) is 3.56. The first kappa shape index (κ1) is 16.7. The molecule has 0 unspecified atom stereocenters. The van der Waals surface area contributed by atoms with Crippen LogP contribution in [0.15, 0.2) is 30.5 Å². The molecule has 0 saturated carbocycles. The van der Waals surface area contributed by atoms with Crippen molar-refractivity contribution in [1.29, 1.82) is 0 Å². The molecule has 0 aliphatic heterocycles. The van der Waals surface area contributed by atoms with Gasteiger partial charge in [-0.25, -0.2) is 0 Å². The molecule has 1 aromatic carbocycles. The highest BCUT2D eigenvalue weighted by Gasteiger charge is 2.13. The zero-order valence-corrected chi connectivity index (χ0v) is 13.7. The Morgan fingerprint density at radius 3 is 2.95 bits per heavy atom. The topological polar surface area (TPSA) is 63.5 Å². The molecule has 1 heterocycles. The van der Waals surface area contributed by atoms with E-state index in [0.29, 0.717) is 0 Å². The largest absolute Gasteiger partial charge is 0.496 e. The Balaban J connectivity index is 2.05. The number of hydrogen-bond acceptors (Lipinski definition) is 4. The molecular weight excluding hydrogens is 300 g/mol. The molecule has 1 atom stereocenters. The number of aliphatic hydroxyl groups excluding tert-OH is 1. The molecule has 0 aliphatic rings. The van der Waals surface area contributed by atoms with Gasteiger partial charge in [0.25, 0.3) is 0 Å². The van der Waals surface area contributed by atoms with Crippen molar-refractivity contribution < 1.29 is 14.6 Å². The molecular formula is C16H22N2O3S. The van der Waals surface area contributed by atoms with E-state index in [1.54, 1.807) is 18.9 Å². The summed E-state index contributed by atoms with van der Waals surface area (Å²) in [5.41, 5.74) is 0.958. The molecule has 1 amide bonds. The fraction of sp³-hybridized carbons (Fsp3) is 0.438. The van der Waals surface area contributed by atoms with Crippen molar-refractivity contribution in [1.82, 2.24) is 9.88 Å². The summed E-state index contributed by atoms with van der Waals surface area (Å²) in [6, 6.07) is 7.53. The number of methoxy groups -OCH3 is 1. The lowest BCUT2D eigenvalue weighted by Crippen LogP contribution is -2.39. The highest BCUT2D eigenvalue weighted by molar-refractivity contribution is 7.98. The van der Waals surface area contributed by atoms with Gasteiger partial charge in [0.15, 0.2) is 0 Å². The number of hydrogen-bond donors (Lipinski definition) is 2. The van der Waals surface area contributed by atoms with Gasteiger partial charge in [0.2, 0.25) is 5.91 Å². The second-order valence-electron chi connectivity index (χ2n) is 5.07. The van der Waals surface area contributed by atoms with Crippen molar-refractivity contribution in [2.45, 2.75) is 19.0 Å². The molecule has 0 bridgehead atoms.